The van der Waals surface area contributed by atoms with Crippen LogP contribution in [0.5, 0.6) is 0 Å². The summed E-state index contributed by atoms with van der Waals surface area (Å²) >= 11 is 0. The fourth-order valence-corrected chi connectivity index (χ4v) is 3.83. The van der Waals surface area contributed by atoms with E-state index in [2.05, 4.69) is 56.6 Å². The highest BCUT2D eigenvalue weighted by atomic mass is 16.2. The second-order valence-electron chi connectivity index (χ2n) is 7.27. The number of carbonyl (C=O) groups is 1. The van der Waals surface area contributed by atoms with Crippen molar-refractivity contribution in [3.05, 3.63) is 47.0 Å². The number of urea groups is 1. The standard InChI is InChI=1S/C19H25N5O/c1-14-6-2-3-7-15(14)19(9-10-19)13-21-18(25)20-12-17-23-22-16-8-4-5-11-24(16)17/h2-3,6-7H,4-5,8-13H2,1H3,(H2,20,21,25). The number of aryl methyl sites for hydroxylation is 2. The van der Waals surface area contributed by atoms with E-state index < -0.39 is 0 Å². The predicted molar refractivity (Wildman–Crippen MR) is 95.3 cm³/mol. The van der Waals surface area contributed by atoms with Crippen LogP contribution in [-0.4, -0.2) is 27.3 Å². The topological polar surface area (TPSA) is 71.8 Å². The van der Waals surface area contributed by atoms with E-state index in [-0.39, 0.29) is 11.4 Å². The van der Waals surface area contributed by atoms with Crippen molar-refractivity contribution in [2.24, 2.45) is 0 Å². The molecule has 1 saturated carbocycles. The molecule has 0 saturated heterocycles. The largest absolute Gasteiger partial charge is 0.337 e. The van der Waals surface area contributed by atoms with Gasteiger partial charge in [-0.15, -0.1) is 10.2 Å². The molecule has 0 spiro atoms. The summed E-state index contributed by atoms with van der Waals surface area (Å²) in [6, 6.07) is 8.34. The van der Waals surface area contributed by atoms with Gasteiger partial charge in [-0.3, -0.25) is 0 Å². The van der Waals surface area contributed by atoms with Gasteiger partial charge in [0.1, 0.15) is 5.82 Å². The van der Waals surface area contributed by atoms with Crippen molar-refractivity contribution in [1.82, 2.24) is 25.4 Å². The molecular weight excluding hydrogens is 314 g/mol. The van der Waals surface area contributed by atoms with Crippen LogP contribution < -0.4 is 10.6 Å². The second kappa shape index (κ2) is 6.50. The third-order valence-electron chi connectivity index (χ3n) is 5.50. The normalized spacial score (nSPS) is 17.6. The molecule has 25 heavy (non-hydrogen) atoms. The monoisotopic (exact) mass is 339 g/mol. The summed E-state index contributed by atoms with van der Waals surface area (Å²) in [4.78, 5) is 12.2. The number of nitrogens with one attached hydrogen (secondary N) is 2. The molecule has 2 N–H and O–H groups in total. The molecular formula is C19H25N5O. The van der Waals surface area contributed by atoms with Crippen LogP contribution in [0.2, 0.25) is 0 Å². The molecule has 2 amide bonds. The molecule has 132 valence electrons. The summed E-state index contributed by atoms with van der Waals surface area (Å²) in [6.45, 7) is 4.21. The SMILES string of the molecule is Cc1ccccc1C1(CNC(=O)NCc2nnc3n2CCCC3)CC1. The minimum Gasteiger partial charge on any atom is -0.337 e. The van der Waals surface area contributed by atoms with E-state index in [9.17, 15) is 4.79 Å². The molecule has 0 atom stereocenters. The molecule has 1 aliphatic heterocycles. The first-order valence-corrected chi connectivity index (χ1v) is 9.17. The van der Waals surface area contributed by atoms with Gasteiger partial charge in [-0.25, -0.2) is 4.79 Å². The Morgan fingerprint density at radius 3 is 2.84 bits per heavy atom. The van der Waals surface area contributed by atoms with E-state index >= 15 is 0 Å². The Bertz CT molecular complexity index is 778. The minimum absolute atomic E-state index is 0.122. The van der Waals surface area contributed by atoms with E-state index in [4.69, 9.17) is 0 Å². The van der Waals surface area contributed by atoms with Crippen LogP contribution in [0.25, 0.3) is 0 Å². The summed E-state index contributed by atoms with van der Waals surface area (Å²) in [5.41, 5.74) is 2.79. The average Bonchev–Trinajstić information content (AvgIpc) is 3.31. The zero-order valence-corrected chi connectivity index (χ0v) is 14.7. The van der Waals surface area contributed by atoms with Crippen molar-refractivity contribution in [2.45, 2.75) is 57.5 Å². The van der Waals surface area contributed by atoms with Crippen LogP contribution in [0.3, 0.4) is 0 Å². The van der Waals surface area contributed by atoms with Gasteiger partial charge in [0, 0.05) is 24.9 Å². The molecule has 1 fully saturated rings. The Hall–Kier alpha value is -2.37. The maximum Gasteiger partial charge on any atom is 0.315 e. The van der Waals surface area contributed by atoms with Crippen LogP contribution in [-0.2, 0) is 24.9 Å². The highest BCUT2D eigenvalue weighted by Crippen LogP contribution is 2.48. The molecule has 0 bridgehead atoms. The number of fused-ring (bicyclic) bond motifs is 1. The zero-order chi connectivity index (χ0) is 17.3. The molecule has 2 heterocycles. The Balaban J connectivity index is 1.31. The number of aromatic nitrogens is 3. The number of nitrogens with zero attached hydrogens (tertiary/aromatic N) is 3. The van der Waals surface area contributed by atoms with Crippen LogP contribution in [0.15, 0.2) is 24.3 Å². The number of hydrogen-bond donors (Lipinski definition) is 2. The smallest absolute Gasteiger partial charge is 0.315 e. The number of rotatable bonds is 5. The van der Waals surface area contributed by atoms with Crippen molar-refractivity contribution >= 4 is 6.03 Å². The fourth-order valence-electron chi connectivity index (χ4n) is 3.83. The molecule has 6 nitrogen and oxygen atoms in total. The minimum atomic E-state index is -0.131. The molecule has 1 aliphatic carbocycles. The number of amides is 2. The van der Waals surface area contributed by atoms with Crippen LogP contribution in [0.4, 0.5) is 4.79 Å². The van der Waals surface area contributed by atoms with Crippen molar-refractivity contribution < 1.29 is 4.79 Å². The van der Waals surface area contributed by atoms with Gasteiger partial charge in [-0.05, 0) is 43.7 Å². The third kappa shape index (κ3) is 3.25. The zero-order valence-electron chi connectivity index (χ0n) is 14.7. The first-order chi connectivity index (χ1) is 12.2. The first kappa shape index (κ1) is 16.1. The number of hydrogen-bond acceptors (Lipinski definition) is 3. The van der Waals surface area contributed by atoms with Gasteiger partial charge in [0.15, 0.2) is 5.82 Å². The second-order valence-corrected chi connectivity index (χ2v) is 7.27. The van der Waals surface area contributed by atoms with E-state index in [0.717, 1.165) is 43.9 Å². The maximum atomic E-state index is 12.2. The molecule has 2 aromatic rings. The van der Waals surface area contributed by atoms with Crippen molar-refractivity contribution in [3.63, 3.8) is 0 Å². The number of carbonyl (C=O) groups excluding carboxylic acids is 1. The van der Waals surface area contributed by atoms with E-state index in [0.29, 0.717) is 13.1 Å². The summed E-state index contributed by atoms with van der Waals surface area (Å²) in [5, 5.41) is 14.4. The van der Waals surface area contributed by atoms with Gasteiger partial charge < -0.3 is 15.2 Å². The lowest BCUT2D eigenvalue weighted by atomic mass is 9.92. The molecule has 6 heteroatoms. The van der Waals surface area contributed by atoms with Gasteiger partial charge in [-0.2, -0.15) is 0 Å². The van der Waals surface area contributed by atoms with Crippen molar-refractivity contribution in [1.29, 1.82) is 0 Å². The lowest BCUT2D eigenvalue weighted by molar-refractivity contribution is 0.239. The van der Waals surface area contributed by atoms with E-state index in [1.165, 1.54) is 17.5 Å². The summed E-state index contributed by atoms with van der Waals surface area (Å²) in [6.07, 6.45) is 5.58. The molecule has 0 radical (unpaired) electrons. The van der Waals surface area contributed by atoms with Crippen molar-refractivity contribution in [3.8, 4) is 0 Å². The van der Waals surface area contributed by atoms with E-state index in [1.54, 1.807) is 0 Å². The summed E-state index contributed by atoms with van der Waals surface area (Å²) in [5.74, 6) is 1.89. The van der Waals surface area contributed by atoms with Crippen LogP contribution in [0.1, 0.15) is 48.5 Å². The summed E-state index contributed by atoms with van der Waals surface area (Å²) < 4.78 is 2.14. The molecule has 0 unspecified atom stereocenters. The lowest BCUT2D eigenvalue weighted by Gasteiger charge is -2.19. The predicted octanol–water partition coefficient (Wildman–Crippen LogP) is 2.45. The highest BCUT2D eigenvalue weighted by molar-refractivity contribution is 5.74. The van der Waals surface area contributed by atoms with Gasteiger partial charge in [-0.1, -0.05) is 24.3 Å². The Kier molecular flexibility index (Phi) is 4.19. The quantitative estimate of drug-likeness (QED) is 0.879. The van der Waals surface area contributed by atoms with E-state index in [1.807, 2.05) is 0 Å². The molecule has 1 aromatic carbocycles. The Morgan fingerprint density at radius 1 is 1.20 bits per heavy atom. The van der Waals surface area contributed by atoms with Gasteiger partial charge in [0.25, 0.3) is 0 Å². The highest BCUT2D eigenvalue weighted by Gasteiger charge is 2.45. The fraction of sp³-hybridized carbons (Fsp3) is 0.526. The average molecular weight is 339 g/mol. The maximum absolute atomic E-state index is 12.2. The Labute approximate surface area is 148 Å². The molecule has 2 aliphatic rings. The third-order valence-corrected chi connectivity index (χ3v) is 5.50. The molecule has 4 rings (SSSR count). The Morgan fingerprint density at radius 2 is 2.04 bits per heavy atom. The molecule has 1 aromatic heterocycles. The van der Waals surface area contributed by atoms with Crippen LogP contribution in [0, 0.1) is 6.92 Å². The summed E-state index contributed by atoms with van der Waals surface area (Å²) in [7, 11) is 0. The number of benzene rings is 1. The van der Waals surface area contributed by atoms with Crippen molar-refractivity contribution in [2.75, 3.05) is 6.54 Å². The van der Waals surface area contributed by atoms with Gasteiger partial charge in [0.2, 0.25) is 0 Å². The van der Waals surface area contributed by atoms with Crippen LogP contribution >= 0.6 is 0 Å². The lowest BCUT2D eigenvalue weighted by Crippen LogP contribution is -2.40. The first-order valence-electron chi connectivity index (χ1n) is 9.17. The van der Waals surface area contributed by atoms with Gasteiger partial charge >= 0.3 is 6.03 Å². The van der Waals surface area contributed by atoms with Gasteiger partial charge in [0.05, 0.1) is 6.54 Å².